The maximum Gasteiger partial charge on any atom is 0.256 e. The second kappa shape index (κ2) is 11.2. The van der Waals surface area contributed by atoms with Crippen molar-refractivity contribution in [2.24, 2.45) is 0 Å². The second-order valence-electron chi connectivity index (χ2n) is 9.64. The van der Waals surface area contributed by atoms with Crippen LogP contribution in [-0.4, -0.2) is 75.4 Å². The van der Waals surface area contributed by atoms with Crippen LogP contribution in [0.4, 0.5) is 4.39 Å². The summed E-state index contributed by atoms with van der Waals surface area (Å²) in [6.45, 7) is 6.46. The number of likely N-dealkylation sites (tertiary alicyclic amines) is 2. The summed E-state index contributed by atoms with van der Waals surface area (Å²) in [5.41, 5.74) is 1.04. The molecule has 186 valence electrons. The Labute approximate surface area is 206 Å². The van der Waals surface area contributed by atoms with Crippen molar-refractivity contribution in [2.75, 3.05) is 39.3 Å². The van der Waals surface area contributed by atoms with Gasteiger partial charge in [0.1, 0.15) is 11.4 Å². The van der Waals surface area contributed by atoms with Gasteiger partial charge in [0.2, 0.25) is 0 Å². The van der Waals surface area contributed by atoms with Crippen molar-refractivity contribution in [3.8, 4) is 11.5 Å². The van der Waals surface area contributed by atoms with Gasteiger partial charge in [-0.1, -0.05) is 12.5 Å². The van der Waals surface area contributed by atoms with Crippen LogP contribution in [0, 0.1) is 5.82 Å². The summed E-state index contributed by atoms with van der Waals surface area (Å²) in [5.74, 6) is 0.0838. The van der Waals surface area contributed by atoms with E-state index in [1.54, 1.807) is 23.0 Å². The number of hydrogen-bond acceptors (Lipinski definition) is 4. The van der Waals surface area contributed by atoms with Gasteiger partial charge in [-0.2, -0.15) is 5.10 Å². The third-order valence-corrected chi connectivity index (χ3v) is 7.29. The number of carbonyl (C=O) groups excluding carboxylic acids is 1. The fourth-order valence-corrected chi connectivity index (χ4v) is 5.41. The van der Waals surface area contributed by atoms with E-state index in [9.17, 15) is 9.18 Å². The third-order valence-electron chi connectivity index (χ3n) is 7.29. The van der Waals surface area contributed by atoms with Gasteiger partial charge in [0.15, 0.2) is 5.82 Å². The molecule has 3 aromatic rings. The minimum Gasteiger partial charge on any atom is -0.352 e. The molecule has 2 aliphatic heterocycles. The smallest absolute Gasteiger partial charge is 0.256 e. The third kappa shape index (κ3) is 5.65. The molecule has 2 aliphatic rings. The Hall–Kier alpha value is -2.97. The fourth-order valence-electron chi connectivity index (χ4n) is 5.41. The standard InChI is InChI=1S/C27H35FN6O/c28-22-8-6-9-24(20-22)34-27(33-16-4-5-17-33)25(21-30-34)26(35)29-12-7-13-31-18-10-23(11-19-31)32-14-2-1-3-15-32/h4-6,8-9,16-17,20-21,23H,1-3,7,10-15,18-19H2,(H,29,35). The van der Waals surface area contributed by atoms with Crippen LogP contribution in [0.1, 0.15) is 48.9 Å². The first-order valence-corrected chi connectivity index (χ1v) is 12.9. The average molecular weight is 479 g/mol. The van der Waals surface area contributed by atoms with E-state index < -0.39 is 0 Å². The van der Waals surface area contributed by atoms with Gasteiger partial charge in [-0.3, -0.25) is 4.79 Å². The number of aromatic nitrogens is 3. The predicted octanol–water partition coefficient (Wildman–Crippen LogP) is 3.87. The van der Waals surface area contributed by atoms with Crippen molar-refractivity contribution in [1.29, 1.82) is 0 Å². The number of hydrogen-bond donors (Lipinski definition) is 1. The van der Waals surface area contributed by atoms with Crippen LogP contribution in [0.2, 0.25) is 0 Å². The zero-order valence-electron chi connectivity index (χ0n) is 20.3. The molecule has 2 aromatic heterocycles. The largest absolute Gasteiger partial charge is 0.352 e. The maximum absolute atomic E-state index is 13.8. The number of nitrogens with one attached hydrogen (secondary N) is 1. The summed E-state index contributed by atoms with van der Waals surface area (Å²) >= 11 is 0. The number of amides is 1. The van der Waals surface area contributed by atoms with Crippen molar-refractivity contribution in [1.82, 2.24) is 29.5 Å². The van der Waals surface area contributed by atoms with Gasteiger partial charge in [0.25, 0.3) is 5.91 Å². The Kier molecular flexibility index (Phi) is 7.59. The average Bonchev–Trinajstić information content (AvgIpc) is 3.57. The van der Waals surface area contributed by atoms with Crippen LogP contribution >= 0.6 is 0 Å². The summed E-state index contributed by atoms with van der Waals surface area (Å²) in [6, 6.07) is 10.8. The molecule has 0 saturated carbocycles. The number of halogens is 1. The lowest BCUT2D eigenvalue weighted by molar-refractivity contribution is 0.0903. The highest BCUT2D eigenvalue weighted by molar-refractivity contribution is 5.97. The van der Waals surface area contributed by atoms with Crippen molar-refractivity contribution in [3.05, 3.63) is 66.4 Å². The Balaban J connectivity index is 1.15. The molecule has 8 heteroatoms. The molecule has 5 rings (SSSR count). The molecule has 35 heavy (non-hydrogen) atoms. The first-order valence-electron chi connectivity index (χ1n) is 12.9. The van der Waals surface area contributed by atoms with E-state index in [1.807, 2.05) is 29.1 Å². The quantitative estimate of drug-likeness (QED) is 0.500. The minimum atomic E-state index is -0.345. The summed E-state index contributed by atoms with van der Waals surface area (Å²) in [4.78, 5) is 18.3. The summed E-state index contributed by atoms with van der Waals surface area (Å²) in [5, 5.41) is 7.47. The maximum atomic E-state index is 13.8. The first kappa shape index (κ1) is 23.8. The molecule has 0 aliphatic carbocycles. The van der Waals surface area contributed by atoms with E-state index in [0.717, 1.165) is 32.1 Å². The van der Waals surface area contributed by atoms with Crippen LogP contribution in [0.3, 0.4) is 0 Å². The minimum absolute atomic E-state index is 0.167. The van der Waals surface area contributed by atoms with Crippen molar-refractivity contribution < 1.29 is 9.18 Å². The molecule has 2 fully saturated rings. The highest BCUT2D eigenvalue weighted by atomic mass is 19.1. The Morgan fingerprint density at radius 3 is 2.54 bits per heavy atom. The summed E-state index contributed by atoms with van der Waals surface area (Å²) < 4.78 is 17.3. The van der Waals surface area contributed by atoms with Crippen molar-refractivity contribution in [3.63, 3.8) is 0 Å². The lowest BCUT2D eigenvalue weighted by Crippen LogP contribution is -2.47. The molecule has 0 atom stereocenters. The molecule has 4 heterocycles. The normalized spacial score (nSPS) is 18.1. The summed E-state index contributed by atoms with van der Waals surface area (Å²) in [6.07, 6.45) is 12.8. The number of rotatable bonds is 8. The molecule has 1 N–H and O–H groups in total. The number of carbonyl (C=O) groups is 1. The molecule has 1 amide bonds. The SMILES string of the molecule is O=C(NCCCN1CCC(N2CCCCC2)CC1)c1cnn(-c2cccc(F)c2)c1-n1cccc1. The lowest BCUT2D eigenvalue weighted by atomic mass is 10.00. The van der Waals surface area contributed by atoms with Crippen molar-refractivity contribution in [2.45, 2.75) is 44.6 Å². The topological polar surface area (TPSA) is 58.3 Å². The Bertz CT molecular complexity index is 1100. The Morgan fingerprint density at radius 2 is 1.80 bits per heavy atom. The molecular weight excluding hydrogens is 443 g/mol. The van der Waals surface area contributed by atoms with E-state index >= 15 is 0 Å². The zero-order chi connectivity index (χ0) is 24.0. The molecular formula is C27H35FN6O. The summed E-state index contributed by atoms with van der Waals surface area (Å²) in [7, 11) is 0. The highest BCUT2D eigenvalue weighted by Gasteiger charge is 2.25. The number of benzene rings is 1. The molecule has 0 bridgehead atoms. The van der Waals surface area contributed by atoms with Crippen LogP contribution in [0.25, 0.3) is 11.5 Å². The van der Waals surface area contributed by atoms with Crippen LogP contribution in [0.5, 0.6) is 0 Å². The molecule has 0 spiro atoms. The van der Waals surface area contributed by atoms with Crippen LogP contribution in [-0.2, 0) is 0 Å². The predicted molar refractivity (Wildman–Crippen MR) is 135 cm³/mol. The zero-order valence-corrected chi connectivity index (χ0v) is 20.3. The number of nitrogens with zero attached hydrogens (tertiary/aromatic N) is 5. The van der Waals surface area contributed by atoms with Gasteiger partial charge in [0, 0.05) is 25.0 Å². The van der Waals surface area contributed by atoms with Gasteiger partial charge in [-0.15, -0.1) is 0 Å². The van der Waals surface area contributed by atoms with E-state index in [-0.39, 0.29) is 11.7 Å². The fraction of sp³-hybridized carbons (Fsp3) is 0.481. The highest BCUT2D eigenvalue weighted by Crippen LogP contribution is 2.22. The molecule has 2 saturated heterocycles. The Morgan fingerprint density at radius 1 is 1.03 bits per heavy atom. The molecule has 1 aromatic carbocycles. The van der Waals surface area contributed by atoms with E-state index in [1.165, 1.54) is 57.3 Å². The van der Waals surface area contributed by atoms with E-state index in [4.69, 9.17) is 0 Å². The first-order chi connectivity index (χ1) is 17.2. The lowest BCUT2D eigenvalue weighted by Gasteiger charge is -2.40. The number of piperidine rings is 2. The van der Waals surface area contributed by atoms with E-state index in [2.05, 4.69) is 20.2 Å². The second-order valence-corrected chi connectivity index (χ2v) is 9.64. The molecule has 0 radical (unpaired) electrons. The van der Waals surface area contributed by atoms with Crippen LogP contribution < -0.4 is 5.32 Å². The molecule has 0 unspecified atom stereocenters. The van der Waals surface area contributed by atoms with Crippen molar-refractivity contribution >= 4 is 5.91 Å². The van der Waals surface area contributed by atoms with Gasteiger partial charge in [-0.05, 0) is 95.2 Å². The van der Waals surface area contributed by atoms with Gasteiger partial charge >= 0.3 is 0 Å². The monoisotopic (exact) mass is 478 g/mol. The van der Waals surface area contributed by atoms with Gasteiger partial charge in [0.05, 0.1) is 11.9 Å². The van der Waals surface area contributed by atoms with Gasteiger partial charge < -0.3 is 19.7 Å². The van der Waals surface area contributed by atoms with E-state index in [0.29, 0.717) is 23.6 Å². The van der Waals surface area contributed by atoms with Gasteiger partial charge in [-0.25, -0.2) is 9.07 Å². The molecule has 7 nitrogen and oxygen atoms in total. The van der Waals surface area contributed by atoms with Crippen LogP contribution in [0.15, 0.2) is 55.0 Å².